The van der Waals surface area contributed by atoms with Crippen molar-refractivity contribution >= 4 is 27.8 Å². The Morgan fingerprint density at radius 2 is 2.08 bits per heavy atom. The first-order valence-corrected chi connectivity index (χ1v) is 9.00. The Morgan fingerprint density at radius 3 is 2.76 bits per heavy atom. The van der Waals surface area contributed by atoms with Crippen LogP contribution in [-0.4, -0.2) is 24.8 Å². The number of allylic oxidation sites excluding steroid dienone is 1. The summed E-state index contributed by atoms with van der Waals surface area (Å²) in [6.45, 7) is 5.68. The van der Waals surface area contributed by atoms with E-state index in [1.807, 2.05) is 19.9 Å². The number of hydrogen-bond donors (Lipinski definition) is 1. The number of carbonyl (C=O) groups excluding carboxylic acids is 2. The van der Waals surface area contributed by atoms with E-state index in [4.69, 9.17) is 14.2 Å². The van der Waals surface area contributed by atoms with Crippen molar-refractivity contribution in [1.29, 1.82) is 0 Å². The normalized spacial score (nSPS) is 20.3. The Labute approximate surface area is 154 Å². The molecular formula is C18H20BrNO5. The van der Waals surface area contributed by atoms with Crippen LogP contribution >= 0.6 is 15.9 Å². The van der Waals surface area contributed by atoms with Gasteiger partial charge in [-0.25, -0.2) is 4.79 Å². The molecule has 2 heterocycles. The SMILES string of the molecule is CC[C@@H](C)OC(=O)C1=C(C)NC(=O)C[C@H]1c1cc2c(cc1Br)OCO2. The minimum absolute atomic E-state index is 0.132. The van der Waals surface area contributed by atoms with Crippen LogP contribution in [0.3, 0.4) is 0 Å². The quantitative estimate of drug-likeness (QED) is 0.771. The third-order valence-corrected chi connectivity index (χ3v) is 5.13. The molecule has 0 radical (unpaired) electrons. The second-order valence-corrected chi connectivity index (χ2v) is 7.05. The fourth-order valence-corrected chi connectivity index (χ4v) is 3.57. The lowest BCUT2D eigenvalue weighted by Gasteiger charge is -2.28. The standard InChI is InChI=1S/C18H20BrNO5/c1-4-9(2)25-18(22)17-10(3)20-16(21)6-12(17)11-5-14-15(7-13(11)19)24-8-23-14/h5,7,9,12H,4,6,8H2,1-3H3,(H,20,21)/t9-,12+/m1/s1. The molecule has 0 aliphatic carbocycles. The molecule has 2 aliphatic heterocycles. The average molecular weight is 410 g/mol. The van der Waals surface area contributed by atoms with Crippen molar-refractivity contribution < 1.29 is 23.8 Å². The van der Waals surface area contributed by atoms with Crippen LogP contribution in [-0.2, 0) is 14.3 Å². The number of esters is 1. The number of ether oxygens (including phenoxy) is 3. The van der Waals surface area contributed by atoms with Gasteiger partial charge in [0.1, 0.15) is 0 Å². The van der Waals surface area contributed by atoms with Gasteiger partial charge in [0.25, 0.3) is 0 Å². The van der Waals surface area contributed by atoms with Crippen molar-refractivity contribution in [1.82, 2.24) is 5.32 Å². The zero-order chi connectivity index (χ0) is 18.1. The Kier molecular flexibility index (Phi) is 5.03. The number of nitrogens with one attached hydrogen (secondary N) is 1. The largest absolute Gasteiger partial charge is 0.459 e. The third-order valence-electron chi connectivity index (χ3n) is 4.44. The van der Waals surface area contributed by atoms with E-state index in [0.717, 1.165) is 16.5 Å². The molecule has 25 heavy (non-hydrogen) atoms. The fourth-order valence-electron chi connectivity index (χ4n) is 2.97. The summed E-state index contributed by atoms with van der Waals surface area (Å²) in [5.41, 5.74) is 1.80. The number of halogens is 1. The zero-order valence-corrected chi connectivity index (χ0v) is 15.9. The van der Waals surface area contributed by atoms with Crippen LogP contribution in [0.2, 0.25) is 0 Å². The lowest BCUT2D eigenvalue weighted by molar-refractivity contribution is -0.144. The first-order valence-electron chi connectivity index (χ1n) is 8.21. The first-order chi connectivity index (χ1) is 11.9. The van der Waals surface area contributed by atoms with Gasteiger partial charge >= 0.3 is 5.97 Å². The molecule has 1 aromatic carbocycles. The lowest BCUT2D eigenvalue weighted by atomic mass is 9.84. The molecule has 7 heteroatoms. The second kappa shape index (κ2) is 7.07. The van der Waals surface area contributed by atoms with Gasteiger partial charge in [0.15, 0.2) is 11.5 Å². The van der Waals surface area contributed by atoms with Crippen molar-refractivity contribution in [3.8, 4) is 11.5 Å². The molecule has 0 saturated heterocycles. The number of benzene rings is 1. The Hall–Kier alpha value is -2.02. The van der Waals surface area contributed by atoms with Crippen LogP contribution in [0.15, 0.2) is 27.9 Å². The molecule has 6 nitrogen and oxygen atoms in total. The van der Waals surface area contributed by atoms with Crippen LogP contribution in [0.4, 0.5) is 0 Å². The summed E-state index contributed by atoms with van der Waals surface area (Å²) >= 11 is 3.52. The maximum atomic E-state index is 12.7. The van der Waals surface area contributed by atoms with E-state index in [2.05, 4.69) is 21.2 Å². The van der Waals surface area contributed by atoms with E-state index in [1.165, 1.54) is 0 Å². The van der Waals surface area contributed by atoms with Crippen molar-refractivity contribution in [2.75, 3.05) is 6.79 Å². The van der Waals surface area contributed by atoms with E-state index in [1.54, 1.807) is 13.0 Å². The monoisotopic (exact) mass is 409 g/mol. The summed E-state index contributed by atoms with van der Waals surface area (Å²) < 4.78 is 17.1. The van der Waals surface area contributed by atoms with Gasteiger partial charge in [-0.15, -0.1) is 0 Å². The number of fused-ring (bicyclic) bond motifs is 1. The molecule has 1 N–H and O–H groups in total. The van der Waals surface area contributed by atoms with Crippen molar-refractivity contribution in [2.24, 2.45) is 0 Å². The topological polar surface area (TPSA) is 73.9 Å². The van der Waals surface area contributed by atoms with E-state index >= 15 is 0 Å². The number of rotatable bonds is 4. The van der Waals surface area contributed by atoms with Crippen molar-refractivity contribution in [2.45, 2.75) is 45.6 Å². The highest BCUT2D eigenvalue weighted by atomic mass is 79.9. The zero-order valence-electron chi connectivity index (χ0n) is 14.3. The molecule has 0 fully saturated rings. The molecule has 134 valence electrons. The van der Waals surface area contributed by atoms with Crippen LogP contribution in [0.1, 0.15) is 45.1 Å². The number of amides is 1. The number of carbonyl (C=O) groups is 2. The predicted octanol–water partition coefficient (Wildman–Crippen LogP) is 3.40. The van der Waals surface area contributed by atoms with Crippen LogP contribution in [0, 0.1) is 0 Å². The third kappa shape index (κ3) is 3.51. The van der Waals surface area contributed by atoms with Gasteiger partial charge < -0.3 is 19.5 Å². The van der Waals surface area contributed by atoms with E-state index in [9.17, 15) is 9.59 Å². The summed E-state index contributed by atoms with van der Waals surface area (Å²) in [6, 6.07) is 3.62. The smallest absolute Gasteiger partial charge is 0.336 e. The van der Waals surface area contributed by atoms with Crippen molar-refractivity contribution in [3.05, 3.63) is 33.4 Å². The van der Waals surface area contributed by atoms with E-state index in [0.29, 0.717) is 22.8 Å². The van der Waals surface area contributed by atoms with Gasteiger partial charge in [-0.3, -0.25) is 4.79 Å². The fraction of sp³-hybridized carbons (Fsp3) is 0.444. The van der Waals surface area contributed by atoms with Crippen LogP contribution in [0.5, 0.6) is 11.5 Å². The molecule has 1 amide bonds. The van der Waals surface area contributed by atoms with Gasteiger partial charge in [-0.05, 0) is 38.0 Å². The summed E-state index contributed by atoms with van der Waals surface area (Å²) in [6.07, 6.45) is 0.704. The predicted molar refractivity (Wildman–Crippen MR) is 94.3 cm³/mol. The Morgan fingerprint density at radius 1 is 1.40 bits per heavy atom. The van der Waals surface area contributed by atoms with Gasteiger partial charge in [-0.1, -0.05) is 22.9 Å². The van der Waals surface area contributed by atoms with E-state index < -0.39 is 11.9 Å². The molecule has 2 aliphatic rings. The summed E-state index contributed by atoms with van der Waals surface area (Å²) in [5.74, 6) is 0.305. The molecule has 3 rings (SSSR count). The first kappa shape index (κ1) is 17.8. The van der Waals surface area contributed by atoms with Gasteiger partial charge in [-0.2, -0.15) is 0 Å². The van der Waals surface area contributed by atoms with Gasteiger partial charge in [0.2, 0.25) is 12.7 Å². The van der Waals surface area contributed by atoms with Gasteiger partial charge in [0, 0.05) is 22.5 Å². The molecule has 2 atom stereocenters. The maximum absolute atomic E-state index is 12.7. The highest BCUT2D eigenvalue weighted by Crippen LogP contribution is 2.43. The lowest BCUT2D eigenvalue weighted by Crippen LogP contribution is -2.35. The molecule has 0 bridgehead atoms. The van der Waals surface area contributed by atoms with Gasteiger partial charge in [0.05, 0.1) is 11.7 Å². The molecule has 0 aromatic heterocycles. The van der Waals surface area contributed by atoms with Crippen LogP contribution < -0.4 is 14.8 Å². The highest BCUT2D eigenvalue weighted by Gasteiger charge is 2.35. The Bertz CT molecular complexity index is 758. The molecular weight excluding hydrogens is 390 g/mol. The summed E-state index contributed by atoms with van der Waals surface area (Å²) in [4.78, 5) is 24.8. The summed E-state index contributed by atoms with van der Waals surface area (Å²) in [7, 11) is 0. The molecule has 0 spiro atoms. The maximum Gasteiger partial charge on any atom is 0.336 e. The number of hydrogen-bond acceptors (Lipinski definition) is 5. The highest BCUT2D eigenvalue weighted by molar-refractivity contribution is 9.10. The average Bonchev–Trinajstić information content (AvgIpc) is 2.99. The Balaban J connectivity index is 2.02. The second-order valence-electron chi connectivity index (χ2n) is 6.19. The van der Waals surface area contributed by atoms with Crippen LogP contribution in [0.25, 0.3) is 0 Å². The minimum Gasteiger partial charge on any atom is -0.459 e. The molecule has 0 unspecified atom stereocenters. The van der Waals surface area contributed by atoms with Crippen molar-refractivity contribution in [3.63, 3.8) is 0 Å². The minimum atomic E-state index is -0.408. The molecule has 1 aromatic rings. The van der Waals surface area contributed by atoms with E-state index in [-0.39, 0.29) is 25.2 Å². The molecule has 0 saturated carbocycles. The summed E-state index contributed by atoms with van der Waals surface area (Å²) in [5, 5.41) is 2.74.